The van der Waals surface area contributed by atoms with E-state index >= 15 is 0 Å². The molecule has 1 aromatic heterocycles. The zero-order chi connectivity index (χ0) is 28.2. The van der Waals surface area contributed by atoms with E-state index in [1.165, 1.54) is 11.1 Å². The van der Waals surface area contributed by atoms with E-state index in [1.54, 1.807) is 6.07 Å². The van der Waals surface area contributed by atoms with Crippen molar-refractivity contribution in [2.24, 2.45) is 0 Å². The van der Waals surface area contributed by atoms with Crippen molar-refractivity contribution >= 4 is 45.8 Å². The van der Waals surface area contributed by atoms with Gasteiger partial charge in [-0.1, -0.05) is 64.7 Å². The summed E-state index contributed by atoms with van der Waals surface area (Å²) in [7, 11) is 0. The number of hydrogen-bond donors (Lipinski definition) is 0. The van der Waals surface area contributed by atoms with Crippen LogP contribution in [0, 0.1) is 6.92 Å². The maximum atomic E-state index is 13.5. The predicted octanol–water partition coefficient (Wildman–Crippen LogP) is 8.16. The lowest BCUT2D eigenvalue weighted by Crippen LogP contribution is -2.48. The van der Waals surface area contributed by atoms with Crippen LogP contribution in [0.25, 0.3) is 22.3 Å². The number of nitrogens with zero attached hydrogens (tertiary/aromatic N) is 4. The zero-order valence-corrected chi connectivity index (χ0v) is 24.6. The number of fused-ring (bicyclic) bond motifs is 1. The Balaban J connectivity index is 1.37. The molecule has 7 heteroatoms. The van der Waals surface area contributed by atoms with Crippen molar-refractivity contribution in [2.75, 3.05) is 31.1 Å². The second-order valence-corrected chi connectivity index (χ2v) is 11.4. The van der Waals surface area contributed by atoms with Crippen LogP contribution in [-0.2, 0) is 6.42 Å². The number of aryl methyl sites for hydroxylation is 2. The Bertz CT molecular complexity index is 1540. The third kappa shape index (κ3) is 6.32. The Morgan fingerprint density at radius 2 is 1.68 bits per heavy atom. The monoisotopic (exact) mass is 572 g/mol. The average Bonchev–Trinajstić information content (AvgIpc) is 2.96. The van der Waals surface area contributed by atoms with Gasteiger partial charge in [0.1, 0.15) is 0 Å². The highest BCUT2D eigenvalue weighted by molar-refractivity contribution is 6.43. The first-order valence-electron chi connectivity index (χ1n) is 13.8. The molecule has 3 aromatic carbocycles. The number of halogens is 2. The van der Waals surface area contributed by atoms with E-state index in [2.05, 4.69) is 49.6 Å². The first-order valence-corrected chi connectivity index (χ1v) is 14.6. The molecule has 5 rings (SSSR count). The van der Waals surface area contributed by atoms with E-state index in [0.29, 0.717) is 41.8 Å². The fourth-order valence-electron chi connectivity index (χ4n) is 5.13. The summed E-state index contributed by atoms with van der Waals surface area (Å²) in [5.41, 5.74) is 8.43. The van der Waals surface area contributed by atoms with E-state index in [-0.39, 0.29) is 5.91 Å². The molecule has 1 fully saturated rings. The van der Waals surface area contributed by atoms with Gasteiger partial charge in [0.2, 0.25) is 0 Å². The van der Waals surface area contributed by atoms with E-state index in [9.17, 15) is 4.79 Å². The van der Waals surface area contributed by atoms with Crippen molar-refractivity contribution in [2.45, 2.75) is 39.5 Å². The van der Waals surface area contributed by atoms with Gasteiger partial charge in [0, 0.05) is 37.3 Å². The summed E-state index contributed by atoms with van der Waals surface area (Å²) >= 11 is 12.6. The zero-order valence-electron chi connectivity index (χ0n) is 23.1. The first-order chi connectivity index (χ1) is 19.3. The van der Waals surface area contributed by atoms with Crippen molar-refractivity contribution in [1.29, 1.82) is 0 Å². The van der Waals surface area contributed by atoms with Crippen LogP contribution < -0.4 is 4.90 Å². The standard InChI is InChI=1S/C33H34Cl2N4O/c1-22(2)7-4-5-9-28-32(24-13-11-23(3)12-14-24)37-27-16-15-25(21-29(27)36-28)33(40)39-19-17-38(18-20-39)30-10-6-8-26(34)31(30)35/h6,8,10-16,21H,1,4-5,7,9,17-20H2,2-3H3. The summed E-state index contributed by atoms with van der Waals surface area (Å²) in [6.07, 6.45) is 3.90. The molecule has 2 heterocycles. The number of carbonyl (C=O) groups excluding carboxylic acids is 1. The lowest BCUT2D eigenvalue weighted by molar-refractivity contribution is 0.0747. The number of carbonyl (C=O) groups is 1. The molecular formula is C33H34Cl2N4O. The second-order valence-electron chi connectivity index (χ2n) is 10.6. The van der Waals surface area contributed by atoms with Gasteiger partial charge < -0.3 is 9.80 Å². The van der Waals surface area contributed by atoms with Gasteiger partial charge in [-0.2, -0.15) is 0 Å². The van der Waals surface area contributed by atoms with Gasteiger partial charge in [0.25, 0.3) is 5.91 Å². The number of rotatable bonds is 8. The molecule has 40 heavy (non-hydrogen) atoms. The van der Waals surface area contributed by atoms with Gasteiger partial charge >= 0.3 is 0 Å². The van der Waals surface area contributed by atoms with Gasteiger partial charge in [0.15, 0.2) is 0 Å². The Labute approximate surface area is 246 Å². The maximum absolute atomic E-state index is 13.5. The third-order valence-electron chi connectivity index (χ3n) is 7.41. The Morgan fingerprint density at radius 3 is 2.40 bits per heavy atom. The quantitative estimate of drug-likeness (QED) is 0.158. The molecule has 0 atom stereocenters. The predicted molar refractivity (Wildman–Crippen MR) is 167 cm³/mol. The molecule has 1 amide bonds. The molecule has 1 aliphatic rings. The highest BCUT2D eigenvalue weighted by Crippen LogP contribution is 2.33. The number of unbranched alkanes of at least 4 members (excludes halogenated alkanes) is 1. The van der Waals surface area contributed by atoms with E-state index < -0.39 is 0 Å². The summed E-state index contributed by atoms with van der Waals surface area (Å²) in [5, 5.41) is 1.09. The van der Waals surface area contributed by atoms with Crippen LogP contribution >= 0.6 is 23.2 Å². The summed E-state index contributed by atoms with van der Waals surface area (Å²) in [4.78, 5) is 27.6. The topological polar surface area (TPSA) is 49.3 Å². The molecule has 0 N–H and O–H groups in total. The number of anilines is 1. The third-order valence-corrected chi connectivity index (χ3v) is 8.22. The van der Waals surface area contributed by atoms with Gasteiger partial charge in [-0.25, -0.2) is 9.97 Å². The highest BCUT2D eigenvalue weighted by atomic mass is 35.5. The van der Waals surface area contributed by atoms with Crippen LogP contribution in [0.3, 0.4) is 0 Å². The molecule has 0 saturated carbocycles. The minimum absolute atomic E-state index is 0.00570. The van der Waals surface area contributed by atoms with Crippen LogP contribution in [0.5, 0.6) is 0 Å². The molecular weight excluding hydrogens is 539 g/mol. The van der Waals surface area contributed by atoms with Gasteiger partial charge in [0.05, 0.1) is 38.2 Å². The Kier molecular flexibility index (Phi) is 8.72. The second kappa shape index (κ2) is 12.4. The van der Waals surface area contributed by atoms with Crippen molar-refractivity contribution in [3.8, 4) is 11.3 Å². The number of hydrogen-bond acceptors (Lipinski definition) is 4. The number of allylic oxidation sites excluding steroid dienone is 1. The lowest BCUT2D eigenvalue weighted by Gasteiger charge is -2.36. The van der Waals surface area contributed by atoms with Crippen LogP contribution in [0.4, 0.5) is 5.69 Å². The summed E-state index contributed by atoms with van der Waals surface area (Å²) in [6.45, 7) is 10.8. The van der Waals surface area contributed by atoms with Crippen molar-refractivity contribution in [3.63, 3.8) is 0 Å². The number of aromatic nitrogens is 2. The normalized spacial score (nSPS) is 13.6. The van der Waals surface area contributed by atoms with Crippen LogP contribution in [0.2, 0.25) is 10.0 Å². The van der Waals surface area contributed by atoms with Crippen molar-refractivity contribution < 1.29 is 4.79 Å². The van der Waals surface area contributed by atoms with E-state index in [1.807, 2.05) is 35.2 Å². The van der Waals surface area contributed by atoms with E-state index in [4.69, 9.17) is 33.2 Å². The van der Waals surface area contributed by atoms with E-state index in [0.717, 1.165) is 59.4 Å². The molecule has 1 saturated heterocycles. The molecule has 206 valence electrons. The highest BCUT2D eigenvalue weighted by Gasteiger charge is 2.24. The summed E-state index contributed by atoms with van der Waals surface area (Å²) in [6, 6.07) is 19.7. The summed E-state index contributed by atoms with van der Waals surface area (Å²) in [5.74, 6) is 0.00570. The van der Waals surface area contributed by atoms with Gasteiger partial charge in [-0.3, -0.25) is 4.79 Å². The maximum Gasteiger partial charge on any atom is 0.254 e. The largest absolute Gasteiger partial charge is 0.367 e. The molecule has 4 aromatic rings. The van der Waals surface area contributed by atoms with Gasteiger partial charge in [-0.15, -0.1) is 6.58 Å². The van der Waals surface area contributed by atoms with Crippen LogP contribution in [0.1, 0.15) is 47.8 Å². The lowest BCUT2D eigenvalue weighted by atomic mass is 10.0. The molecule has 1 aliphatic heterocycles. The number of benzene rings is 3. The molecule has 5 nitrogen and oxygen atoms in total. The fraction of sp³-hybridized carbons (Fsp3) is 0.303. The minimum atomic E-state index is 0.00570. The molecule has 0 radical (unpaired) electrons. The molecule has 0 spiro atoms. The molecule has 0 bridgehead atoms. The van der Waals surface area contributed by atoms with Crippen LogP contribution in [-0.4, -0.2) is 47.0 Å². The number of piperazine rings is 1. The SMILES string of the molecule is C=C(C)CCCCc1nc2cc(C(=O)N3CCN(c4cccc(Cl)c4Cl)CC3)ccc2nc1-c1ccc(C)cc1. The first kappa shape index (κ1) is 28.1. The van der Waals surface area contributed by atoms with Crippen molar-refractivity contribution in [1.82, 2.24) is 14.9 Å². The Hall–Kier alpha value is -3.41. The molecule has 0 unspecified atom stereocenters. The van der Waals surface area contributed by atoms with Crippen LogP contribution in [0.15, 0.2) is 72.8 Å². The average molecular weight is 574 g/mol. The van der Waals surface area contributed by atoms with Crippen molar-refractivity contribution in [3.05, 3.63) is 99.7 Å². The Morgan fingerprint density at radius 1 is 0.925 bits per heavy atom. The number of amides is 1. The van der Waals surface area contributed by atoms with Gasteiger partial charge in [-0.05, 0) is 69.9 Å². The summed E-state index contributed by atoms with van der Waals surface area (Å²) < 4.78 is 0. The fourth-order valence-corrected chi connectivity index (χ4v) is 5.54. The molecule has 0 aliphatic carbocycles. The minimum Gasteiger partial charge on any atom is -0.367 e. The smallest absolute Gasteiger partial charge is 0.254 e.